The zero-order valence-corrected chi connectivity index (χ0v) is 16.4. The number of piperazine rings is 1. The van der Waals surface area contributed by atoms with Crippen molar-refractivity contribution < 1.29 is 9.90 Å². The van der Waals surface area contributed by atoms with Crippen LogP contribution < -0.4 is 4.90 Å². The first-order chi connectivity index (χ1) is 13.5. The molecule has 2 heterocycles. The summed E-state index contributed by atoms with van der Waals surface area (Å²) in [7, 11) is 0. The topological polar surface area (TPSA) is 56.7 Å². The van der Waals surface area contributed by atoms with Crippen LogP contribution in [0.15, 0.2) is 48.5 Å². The Bertz CT molecular complexity index is 1010. The molecule has 1 amide bonds. The van der Waals surface area contributed by atoms with Crippen molar-refractivity contribution in [3.63, 3.8) is 0 Å². The van der Waals surface area contributed by atoms with Crippen molar-refractivity contribution >= 4 is 22.5 Å². The number of hydrogen-bond donors (Lipinski definition) is 1. The summed E-state index contributed by atoms with van der Waals surface area (Å²) in [4.78, 5) is 21.8. The van der Waals surface area contributed by atoms with E-state index in [1.807, 2.05) is 42.2 Å². The molecule has 0 atom stereocenters. The highest BCUT2D eigenvalue weighted by atomic mass is 16.3. The first-order valence-electron chi connectivity index (χ1n) is 9.69. The monoisotopic (exact) mass is 375 g/mol. The van der Waals surface area contributed by atoms with Crippen LogP contribution in [0.4, 0.5) is 5.69 Å². The minimum absolute atomic E-state index is 0.161. The molecule has 1 aliphatic heterocycles. The molecule has 0 bridgehead atoms. The number of rotatable bonds is 3. The second kappa shape index (κ2) is 7.50. The molecule has 1 aromatic heterocycles. The smallest absolute Gasteiger partial charge is 0.227 e. The van der Waals surface area contributed by atoms with Gasteiger partial charge in [-0.15, -0.1) is 0 Å². The third kappa shape index (κ3) is 3.52. The van der Waals surface area contributed by atoms with Crippen LogP contribution >= 0.6 is 0 Å². The summed E-state index contributed by atoms with van der Waals surface area (Å²) in [5.74, 6) is 0.431. The molecule has 1 aliphatic rings. The number of fused-ring (bicyclic) bond motifs is 1. The Morgan fingerprint density at radius 2 is 1.68 bits per heavy atom. The molecule has 5 nitrogen and oxygen atoms in total. The number of phenols is 1. The average molecular weight is 375 g/mol. The molecule has 144 valence electrons. The Balaban J connectivity index is 1.45. The van der Waals surface area contributed by atoms with E-state index in [0.717, 1.165) is 46.5 Å². The standard InChI is InChI=1S/C23H25N3O2/c1-16-20-5-3-4-6-22(20)24-17(2)21(16)15-23(28)26-13-11-25(12-14-26)18-7-9-19(27)10-8-18/h3-10,27H,11-15H2,1-2H3. The third-order valence-corrected chi connectivity index (χ3v) is 5.66. The van der Waals surface area contributed by atoms with Crippen LogP contribution in [-0.2, 0) is 11.2 Å². The number of carbonyl (C=O) groups is 1. The molecule has 4 rings (SSSR count). The van der Waals surface area contributed by atoms with Gasteiger partial charge in [-0.2, -0.15) is 0 Å². The van der Waals surface area contributed by atoms with Crippen LogP contribution in [0, 0.1) is 13.8 Å². The van der Waals surface area contributed by atoms with E-state index in [0.29, 0.717) is 19.5 Å². The molecule has 0 spiro atoms. The van der Waals surface area contributed by atoms with Gasteiger partial charge in [0.25, 0.3) is 0 Å². The van der Waals surface area contributed by atoms with Crippen LogP contribution in [0.2, 0.25) is 0 Å². The minimum Gasteiger partial charge on any atom is -0.508 e. The lowest BCUT2D eigenvalue weighted by molar-refractivity contribution is -0.130. The van der Waals surface area contributed by atoms with Gasteiger partial charge in [0.15, 0.2) is 0 Å². The zero-order chi connectivity index (χ0) is 19.7. The van der Waals surface area contributed by atoms with E-state index < -0.39 is 0 Å². The number of para-hydroxylation sites is 1. The molecular weight excluding hydrogens is 350 g/mol. The Labute approximate surface area is 165 Å². The maximum absolute atomic E-state index is 12.9. The number of amides is 1. The van der Waals surface area contributed by atoms with Gasteiger partial charge < -0.3 is 14.9 Å². The molecule has 3 aromatic rings. The van der Waals surface area contributed by atoms with Crippen molar-refractivity contribution in [1.82, 2.24) is 9.88 Å². The largest absolute Gasteiger partial charge is 0.508 e. The van der Waals surface area contributed by atoms with Crippen molar-refractivity contribution in [3.05, 3.63) is 65.4 Å². The number of aromatic nitrogens is 1. The van der Waals surface area contributed by atoms with Crippen LogP contribution in [-0.4, -0.2) is 47.1 Å². The Morgan fingerprint density at radius 3 is 2.39 bits per heavy atom. The van der Waals surface area contributed by atoms with Gasteiger partial charge in [-0.25, -0.2) is 0 Å². The SMILES string of the molecule is Cc1nc2ccccc2c(C)c1CC(=O)N1CCN(c2ccc(O)cc2)CC1. The normalized spacial score (nSPS) is 14.5. The van der Waals surface area contributed by atoms with Crippen molar-refractivity contribution in [2.24, 2.45) is 0 Å². The molecule has 1 N–H and O–H groups in total. The number of pyridine rings is 1. The molecule has 1 saturated heterocycles. The molecule has 0 unspecified atom stereocenters. The molecule has 2 aromatic carbocycles. The summed E-state index contributed by atoms with van der Waals surface area (Å²) in [6.07, 6.45) is 0.398. The van der Waals surface area contributed by atoms with E-state index in [4.69, 9.17) is 4.98 Å². The van der Waals surface area contributed by atoms with E-state index in [1.54, 1.807) is 12.1 Å². The van der Waals surface area contributed by atoms with Gasteiger partial charge in [0.05, 0.1) is 11.9 Å². The maximum atomic E-state index is 12.9. The zero-order valence-electron chi connectivity index (χ0n) is 16.4. The number of anilines is 1. The number of benzene rings is 2. The van der Waals surface area contributed by atoms with Gasteiger partial charge in [0, 0.05) is 42.9 Å². The van der Waals surface area contributed by atoms with Crippen molar-refractivity contribution in [2.75, 3.05) is 31.1 Å². The molecule has 28 heavy (non-hydrogen) atoms. The first-order valence-corrected chi connectivity index (χ1v) is 9.69. The maximum Gasteiger partial charge on any atom is 0.227 e. The number of hydrogen-bond acceptors (Lipinski definition) is 4. The van der Waals surface area contributed by atoms with Crippen LogP contribution in [0.1, 0.15) is 16.8 Å². The molecular formula is C23H25N3O2. The lowest BCUT2D eigenvalue weighted by atomic mass is 9.99. The van der Waals surface area contributed by atoms with Gasteiger partial charge in [-0.05, 0) is 55.3 Å². The summed E-state index contributed by atoms with van der Waals surface area (Å²) in [5, 5.41) is 10.6. The highest BCUT2D eigenvalue weighted by Gasteiger charge is 2.23. The first kappa shape index (κ1) is 18.3. The number of aromatic hydroxyl groups is 1. The van der Waals surface area contributed by atoms with Gasteiger partial charge in [0.1, 0.15) is 5.75 Å². The van der Waals surface area contributed by atoms with E-state index >= 15 is 0 Å². The Morgan fingerprint density at radius 1 is 1.00 bits per heavy atom. The van der Waals surface area contributed by atoms with Crippen molar-refractivity contribution in [1.29, 1.82) is 0 Å². The minimum atomic E-state index is 0.161. The number of carbonyl (C=O) groups excluding carboxylic acids is 1. The lowest BCUT2D eigenvalue weighted by Gasteiger charge is -2.36. The Kier molecular flexibility index (Phi) is 4.90. The average Bonchev–Trinajstić information content (AvgIpc) is 2.72. The van der Waals surface area contributed by atoms with E-state index in [-0.39, 0.29) is 11.7 Å². The lowest BCUT2D eigenvalue weighted by Crippen LogP contribution is -2.49. The third-order valence-electron chi connectivity index (χ3n) is 5.66. The number of nitrogens with zero attached hydrogens (tertiary/aromatic N) is 3. The van der Waals surface area contributed by atoms with E-state index in [1.165, 1.54) is 0 Å². The Hall–Kier alpha value is -3.08. The van der Waals surface area contributed by atoms with Crippen LogP contribution in [0.3, 0.4) is 0 Å². The molecule has 0 radical (unpaired) electrons. The van der Waals surface area contributed by atoms with Crippen LogP contribution in [0.25, 0.3) is 10.9 Å². The van der Waals surface area contributed by atoms with Crippen molar-refractivity contribution in [3.8, 4) is 5.75 Å². The highest BCUT2D eigenvalue weighted by Crippen LogP contribution is 2.24. The summed E-state index contributed by atoms with van der Waals surface area (Å²) < 4.78 is 0. The fourth-order valence-corrected chi connectivity index (χ4v) is 3.97. The fraction of sp³-hybridized carbons (Fsp3) is 0.304. The van der Waals surface area contributed by atoms with Crippen molar-refractivity contribution in [2.45, 2.75) is 20.3 Å². The van der Waals surface area contributed by atoms with Gasteiger partial charge in [0.2, 0.25) is 5.91 Å². The molecule has 0 saturated carbocycles. The van der Waals surface area contributed by atoms with Gasteiger partial charge in [-0.1, -0.05) is 18.2 Å². The second-order valence-electron chi connectivity index (χ2n) is 7.38. The quantitative estimate of drug-likeness (QED) is 0.762. The second-order valence-corrected chi connectivity index (χ2v) is 7.38. The summed E-state index contributed by atoms with van der Waals surface area (Å²) in [6, 6.07) is 15.3. The number of phenolic OH excluding ortho intramolecular Hbond substituents is 1. The predicted octanol–water partition coefficient (Wildman–Crippen LogP) is 3.45. The molecule has 1 fully saturated rings. The van der Waals surface area contributed by atoms with E-state index in [2.05, 4.69) is 17.9 Å². The van der Waals surface area contributed by atoms with Gasteiger partial charge in [-0.3, -0.25) is 9.78 Å². The summed E-state index contributed by atoms with van der Waals surface area (Å²) in [5.41, 5.74) is 5.20. The predicted molar refractivity (Wildman–Crippen MR) is 112 cm³/mol. The van der Waals surface area contributed by atoms with Crippen LogP contribution in [0.5, 0.6) is 5.75 Å². The summed E-state index contributed by atoms with van der Waals surface area (Å²) in [6.45, 7) is 7.08. The van der Waals surface area contributed by atoms with E-state index in [9.17, 15) is 9.90 Å². The molecule has 0 aliphatic carbocycles. The summed E-state index contributed by atoms with van der Waals surface area (Å²) >= 11 is 0. The number of aryl methyl sites for hydroxylation is 2. The fourth-order valence-electron chi connectivity index (χ4n) is 3.97. The molecule has 5 heteroatoms. The van der Waals surface area contributed by atoms with Gasteiger partial charge >= 0.3 is 0 Å². The highest BCUT2D eigenvalue weighted by molar-refractivity contribution is 5.86.